The van der Waals surface area contributed by atoms with Crippen LogP contribution in [0, 0.1) is 0 Å². The van der Waals surface area contributed by atoms with Gasteiger partial charge in [-0.25, -0.2) is 0 Å². The van der Waals surface area contributed by atoms with Gasteiger partial charge in [-0.05, 0) is 12.5 Å². The van der Waals surface area contributed by atoms with Crippen molar-refractivity contribution in [2.24, 2.45) is 0 Å². The molecule has 0 aromatic heterocycles. The molecule has 2 atom stereocenters. The van der Waals surface area contributed by atoms with Crippen molar-refractivity contribution in [2.45, 2.75) is 19.0 Å². The molecule has 1 aromatic rings. The number of carbonyl (C=O) groups is 1. The van der Waals surface area contributed by atoms with Crippen LogP contribution in [0.1, 0.15) is 18.5 Å². The highest BCUT2D eigenvalue weighted by atomic mass is 32.2. The maximum absolute atomic E-state index is 12.0. The number of hydrogen-bond acceptors (Lipinski definition) is 3. The van der Waals surface area contributed by atoms with E-state index in [1.165, 1.54) is 0 Å². The number of rotatable bonds is 3. The van der Waals surface area contributed by atoms with Crippen LogP contribution in [0.4, 0.5) is 0 Å². The summed E-state index contributed by atoms with van der Waals surface area (Å²) >= 11 is 1.83. The van der Waals surface area contributed by atoms with Gasteiger partial charge in [-0.15, -0.1) is 0 Å². The summed E-state index contributed by atoms with van der Waals surface area (Å²) in [6.07, 6.45) is 0. The van der Waals surface area contributed by atoms with E-state index in [1.54, 1.807) is 0 Å². The van der Waals surface area contributed by atoms with Gasteiger partial charge in [0.1, 0.15) is 0 Å². The molecule has 1 aliphatic rings. The molecule has 3 nitrogen and oxygen atoms in total. The third-order valence-electron chi connectivity index (χ3n) is 2.90. The lowest BCUT2D eigenvalue weighted by atomic mass is 10.1. The van der Waals surface area contributed by atoms with Gasteiger partial charge in [-0.3, -0.25) is 4.79 Å². The zero-order valence-electron chi connectivity index (χ0n) is 9.98. The minimum atomic E-state index is -0.0417. The van der Waals surface area contributed by atoms with Crippen LogP contribution < -0.4 is 10.6 Å². The van der Waals surface area contributed by atoms with Crippen molar-refractivity contribution in [3.8, 4) is 0 Å². The normalized spacial score (nSPS) is 21.8. The Bertz CT molecular complexity index is 363. The Kier molecular flexibility index (Phi) is 4.45. The first kappa shape index (κ1) is 12.5. The average Bonchev–Trinajstić information content (AvgIpc) is 2.40. The summed E-state index contributed by atoms with van der Waals surface area (Å²) in [7, 11) is 0. The van der Waals surface area contributed by atoms with E-state index in [4.69, 9.17) is 0 Å². The van der Waals surface area contributed by atoms with Crippen LogP contribution in [-0.2, 0) is 4.79 Å². The second-order valence-corrected chi connectivity index (χ2v) is 5.37. The average molecular weight is 250 g/mol. The summed E-state index contributed by atoms with van der Waals surface area (Å²) in [6.45, 7) is 2.94. The molecule has 1 heterocycles. The summed E-state index contributed by atoms with van der Waals surface area (Å²) in [5, 5.41) is 6.29. The summed E-state index contributed by atoms with van der Waals surface area (Å²) in [5.74, 6) is 2.07. The van der Waals surface area contributed by atoms with Crippen LogP contribution in [0.5, 0.6) is 0 Å². The van der Waals surface area contributed by atoms with Gasteiger partial charge >= 0.3 is 0 Å². The van der Waals surface area contributed by atoms with Gasteiger partial charge in [-0.1, -0.05) is 30.3 Å². The Morgan fingerprint density at radius 3 is 2.88 bits per heavy atom. The second-order valence-electron chi connectivity index (χ2n) is 4.22. The Balaban J connectivity index is 1.89. The summed E-state index contributed by atoms with van der Waals surface area (Å²) in [4.78, 5) is 12.0. The number of thioether (sulfide) groups is 1. The van der Waals surface area contributed by atoms with Crippen molar-refractivity contribution in [1.82, 2.24) is 10.6 Å². The third-order valence-corrected chi connectivity index (χ3v) is 3.96. The van der Waals surface area contributed by atoms with Crippen LogP contribution >= 0.6 is 11.8 Å². The summed E-state index contributed by atoms with van der Waals surface area (Å²) in [5.41, 5.74) is 1.14. The number of nitrogens with one attached hydrogen (secondary N) is 2. The first-order valence-corrected chi connectivity index (χ1v) is 7.09. The van der Waals surface area contributed by atoms with Crippen LogP contribution in [-0.4, -0.2) is 30.0 Å². The van der Waals surface area contributed by atoms with E-state index >= 15 is 0 Å². The highest BCUT2D eigenvalue weighted by molar-refractivity contribution is 7.99. The van der Waals surface area contributed by atoms with E-state index in [1.807, 2.05) is 49.0 Å². The molecule has 4 heteroatoms. The maximum Gasteiger partial charge on any atom is 0.238 e. The fraction of sp³-hybridized carbons (Fsp3) is 0.462. The van der Waals surface area contributed by atoms with Gasteiger partial charge < -0.3 is 10.6 Å². The van der Waals surface area contributed by atoms with E-state index in [0.29, 0.717) is 0 Å². The molecule has 0 aliphatic carbocycles. The summed E-state index contributed by atoms with van der Waals surface area (Å²) < 4.78 is 0. The van der Waals surface area contributed by atoms with Gasteiger partial charge in [-0.2, -0.15) is 11.8 Å². The number of benzene rings is 1. The minimum absolute atomic E-state index is 0.0417. The zero-order valence-corrected chi connectivity index (χ0v) is 10.8. The Morgan fingerprint density at radius 1 is 1.47 bits per heavy atom. The lowest BCUT2D eigenvalue weighted by Crippen LogP contribution is -2.49. The first-order valence-electron chi connectivity index (χ1n) is 5.94. The van der Waals surface area contributed by atoms with Crippen LogP contribution in [0.3, 0.4) is 0 Å². The van der Waals surface area contributed by atoms with Gasteiger partial charge in [0.2, 0.25) is 5.91 Å². The molecule has 2 rings (SSSR count). The van der Waals surface area contributed by atoms with Gasteiger partial charge in [0.25, 0.3) is 0 Å². The standard InChI is InChI=1S/C13H18N2OS/c1-10(11-5-3-2-4-6-11)15-13(16)12-9-17-8-7-14-12/h2-6,10,12,14H,7-9H2,1H3,(H,15,16)/t10-,12?/m0/s1. The molecule has 2 N–H and O–H groups in total. The molecule has 0 spiro atoms. The SMILES string of the molecule is C[C@H](NC(=O)C1CSCCN1)c1ccccc1. The van der Waals surface area contributed by atoms with Crippen molar-refractivity contribution in [1.29, 1.82) is 0 Å². The maximum atomic E-state index is 12.0. The lowest BCUT2D eigenvalue weighted by Gasteiger charge is -2.24. The fourth-order valence-corrected chi connectivity index (χ4v) is 2.81. The molecule has 0 saturated carbocycles. The number of amides is 1. The van der Waals surface area contributed by atoms with E-state index in [0.717, 1.165) is 23.6 Å². The van der Waals surface area contributed by atoms with Crippen molar-refractivity contribution in [3.05, 3.63) is 35.9 Å². The third kappa shape index (κ3) is 3.48. The molecule has 0 bridgehead atoms. The molecule has 1 saturated heterocycles. The van der Waals surface area contributed by atoms with E-state index in [-0.39, 0.29) is 18.0 Å². The predicted molar refractivity (Wildman–Crippen MR) is 72.1 cm³/mol. The fourth-order valence-electron chi connectivity index (χ4n) is 1.87. The van der Waals surface area contributed by atoms with Crippen molar-refractivity contribution < 1.29 is 4.79 Å². The molecule has 92 valence electrons. The smallest absolute Gasteiger partial charge is 0.238 e. The Hall–Kier alpha value is -1.00. The molecular weight excluding hydrogens is 232 g/mol. The number of hydrogen-bond donors (Lipinski definition) is 2. The molecule has 17 heavy (non-hydrogen) atoms. The topological polar surface area (TPSA) is 41.1 Å². The highest BCUT2D eigenvalue weighted by Crippen LogP contribution is 2.13. The van der Waals surface area contributed by atoms with E-state index in [9.17, 15) is 4.79 Å². The molecule has 1 unspecified atom stereocenters. The van der Waals surface area contributed by atoms with E-state index in [2.05, 4.69) is 10.6 Å². The van der Waals surface area contributed by atoms with Gasteiger partial charge in [0.05, 0.1) is 12.1 Å². The Labute approximate surface area is 106 Å². The second kappa shape index (κ2) is 6.07. The van der Waals surface area contributed by atoms with Gasteiger partial charge in [0.15, 0.2) is 0 Å². The van der Waals surface area contributed by atoms with Crippen molar-refractivity contribution in [3.63, 3.8) is 0 Å². The molecular formula is C13H18N2OS. The quantitative estimate of drug-likeness (QED) is 0.855. The molecule has 1 aromatic carbocycles. The largest absolute Gasteiger partial charge is 0.348 e. The predicted octanol–water partition coefficient (Wildman–Crippen LogP) is 1.57. The Morgan fingerprint density at radius 2 is 2.24 bits per heavy atom. The van der Waals surface area contributed by atoms with Crippen LogP contribution in [0.2, 0.25) is 0 Å². The highest BCUT2D eigenvalue weighted by Gasteiger charge is 2.22. The first-order chi connectivity index (χ1) is 8.27. The summed E-state index contributed by atoms with van der Waals surface area (Å²) in [6, 6.07) is 10.1. The molecule has 0 radical (unpaired) electrons. The molecule has 1 aliphatic heterocycles. The monoisotopic (exact) mass is 250 g/mol. The van der Waals surface area contributed by atoms with Gasteiger partial charge in [0, 0.05) is 18.1 Å². The van der Waals surface area contributed by atoms with Crippen molar-refractivity contribution >= 4 is 17.7 Å². The zero-order chi connectivity index (χ0) is 12.1. The number of carbonyl (C=O) groups excluding carboxylic acids is 1. The van der Waals surface area contributed by atoms with Crippen LogP contribution in [0.25, 0.3) is 0 Å². The lowest BCUT2D eigenvalue weighted by molar-refractivity contribution is -0.123. The molecule has 1 fully saturated rings. The van der Waals surface area contributed by atoms with Crippen LogP contribution in [0.15, 0.2) is 30.3 Å². The molecule has 1 amide bonds. The van der Waals surface area contributed by atoms with E-state index < -0.39 is 0 Å². The minimum Gasteiger partial charge on any atom is -0.348 e. The van der Waals surface area contributed by atoms with Crippen molar-refractivity contribution in [2.75, 3.05) is 18.1 Å².